The van der Waals surface area contributed by atoms with Gasteiger partial charge in [-0.05, 0) is 32.7 Å². The molecule has 0 aromatic heterocycles. The summed E-state index contributed by atoms with van der Waals surface area (Å²) in [4.78, 5) is 11.3. The third-order valence-corrected chi connectivity index (χ3v) is 3.19. The zero-order valence-electron chi connectivity index (χ0n) is 10.7. The zero-order valence-corrected chi connectivity index (χ0v) is 10.7. The van der Waals surface area contributed by atoms with Gasteiger partial charge in [0.25, 0.3) is 0 Å². The normalized spacial score (nSPS) is 17.7. The quantitative estimate of drug-likeness (QED) is 0.681. The molecule has 0 saturated heterocycles. The lowest BCUT2D eigenvalue weighted by molar-refractivity contribution is -0.120. The number of carbonyl (C=O) groups is 1. The first kappa shape index (κ1) is 13.5. The molecule has 0 heterocycles. The van der Waals surface area contributed by atoms with E-state index in [1.165, 1.54) is 38.5 Å². The van der Waals surface area contributed by atoms with Gasteiger partial charge < -0.3 is 10.6 Å². The van der Waals surface area contributed by atoms with E-state index in [9.17, 15) is 4.79 Å². The predicted molar refractivity (Wildman–Crippen MR) is 67.3 cm³/mol. The molecule has 0 unspecified atom stereocenters. The third-order valence-electron chi connectivity index (χ3n) is 3.19. The Morgan fingerprint density at radius 1 is 1.25 bits per heavy atom. The highest BCUT2D eigenvalue weighted by molar-refractivity contribution is 5.78. The van der Waals surface area contributed by atoms with E-state index in [1.54, 1.807) is 0 Å². The molecule has 0 aromatic rings. The monoisotopic (exact) mass is 226 g/mol. The highest BCUT2D eigenvalue weighted by atomic mass is 16.1. The first-order valence-corrected chi connectivity index (χ1v) is 6.68. The second kappa shape index (κ2) is 7.66. The number of amides is 1. The van der Waals surface area contributed by atoms with Crippen molar-refractivity contribution in [1.29, 1.82) is 0 Å². The summed E-state index contributed by atoms with van der Waals surface area (Å²) >= 11 is 0. The molecule has 0 radical (unpaired) electrons. The molecule has 3 nitrogen and oxygen atoms in total. The lowest BCUT2D eigenvalue weighted by Crippen LogP contribution is -2.38. The van der Waals surface area contributed by atoms with Gasteiger partial charge in [-0.25, -0.2) is 0 Å². The van der Waals surface area contributed by atoms with Gasteiger partial charge in [-0.1, -0.05) is 32.1 Å². The highest BCUT2D eigenvalue weighted by Gasteiger charge is 2.12. The van der Waals surface area contributed by atoms with Crippen molar-refractivity contribution in [3.8, 4) is 0 Å². The van der Waals surface area contributed by atoms with Crippen molar-refractivity contribution in [2.45, 2.75) is 58.4 Å². The molecule has 0 bridgehead atoms. The van der Waals surface area contributed by atoms with Gasteiger partial charge in [0.05, 0.1) is 6.54 Å². The predicted octanol–water partition coefficient (Wildman–Crippen LogP) is 2.07. The number of hydrogen-bond acceptors (Lipinski definition) is 2. The number of carbonyl (C=O) groups excluding carboxylic acids is 1. The summed E-state index contributed by atoms with van der Waals surface area (Å²) < 4.78 is 0. The van der Waals surface area contributed by atoms with E-state index in [2.05, 4.69) is 10.6 Å². The summed E-state index contributed by atoms with van der Waals surface area (Å²) in [5.74, 6) is 1.01. The molecular weight excluding hydrogens is 200 g/mol. The Labute approximate surface area is 99.4 Å². The Hall–Kier alpha value is -0.570. The van der Waals surface area contributed by atoms with E-state index in [0.717, 1.165) is 12.5 Å². The standard InChI is InChI=1S/C13H26N2O/c1-11(2)15-13(16)10-14-9-8-12-6-4-3-5-7-12/h11-12,14H,3-10H2,1-2H3,(H,15,16). The molecule has 1 rings (SSSR count). The molecule has 1 aliphatic rings. The summed E-state index contributed by atoms with van der Waals surface area (Å²) in [6.07, 6.45) is 8.23. The topological polar surface area (TPSA) is 41.1 Å². The van der Waals surface area contributed by atoms with Crippen LogP contribution in [0.3, 0.4) is 0 Å². The van der Waals surface area contributed by atoms with Crippen LogP contribution in [0.1, 0.15) is 52.4 Å². The van der Waals surface area contributed by atoms with Crippen molar-refractivity contribution < 1.29 is 4.79 Å². The van der Waals surface area contributed by atoms with Crippen LogP contribution in [0.15, 0.2) is 0 Å². The van der Waals surface area contributed by atoms with Crippen molar-refractivity contribution in [3.63, 3.8) is 0 Å². The molecule has 0 aromatic carbocycles. The largest absolute Gasteiger partial charge is 0.353 e. The number of hydrogen-bond donors (Lipinski definition) is 2. The number of nitrogens with one attached hydrogen (secondary N) is 2. The SMILES string of the molecule is CC(C)NC(=O)CNCCC1CCCCC1. The second-order valence-electron chi connectivity index (χ2n) is 5.19. The minimum Gasteiger partial charge on any atom is -0.353 e. The van der Waals surface area contributed by atoms with Crippen molar-refractivity contribution in [1.82, 2.24) is 10.6 Å². The van der Waals surface area contributed by atoms with Crippen LogP contribution in [0.25, 0.3) is 0 Å². The molecule has 1 aliphatic carbocycles. The van der Waals surface area contributed by atoms with Crippen molar-refractivity contribution in [2.75, 3.05) is 13.1 Å². The van der Waals surface area contributed by atoms with Gasteiger partial charge in [-0.2, -0.15) is 0 Å². The Morgan fingerprint density at radius 3 is 2.56 bits per heavy atom. The molecule has 3 heteroatoms. The first-order valence-electron chi connectivity index (χ1n) is 6.68. The van der Waals surface area contributed by atoms with Crippen LogP contribution in [0, 0.1) is 5.92 Å². The summed E-state index contributed by atoms with van der Waals surface area (Å²) in [6, 6.07) is 0.243. The molecule has 94 valence electrons. The van der Waals surface area contributed by atoms with Crippen LogP contribution >= 0.6 is 0 Å². The maximum atomic E-state index is 11.3. The van der Waals surface area contributed by atoms with E-state index < -0.39 is 0 Å². The molecule has 1 amide bonds. The molecule has 16 heavy (non-hydrogen) atoms. The fraction of sp³-hybridized carbons (Fsp3) is 0.923. The Kier molecular flexibility index (Phi) is 6.46. The second-order valence-corrected chi connectivity index (χ2v) is 5.19. The van der Waals surface area contributed by atoms with E-state index >= 15 is 0 Å². The molecule has 0 spiro atoms. The van der Waals surface area contributed by atoms with Crippen molar-refractivity contribution in [3.05, 3.63) is 0 Å². The van der Waals surface area contributed by atoms with Gasteiger partial charge in [0.1, 0.15) is 0 Å². The van der Waals surface area contributed by atoms with Crippen LogP contribution in [-0.4, -0.2) is 25.0 Å². The van der Waals surface area contributed by atoms with Crippen LogP contribution in [0.4, 0.5) is 0 Å². The summed E-state index contributed by atoms with van der Waals surface area (Å²) in [6.45, 7) is 5.42. The summed E-state index contributed by atoms with van der Waals surface area (Å²) in [5.41, 5.74) is 0. The van der Waals surface area contributed by atoms with Crippen LogP contribution in [0.2, 0.25) is 0 Å². The molecular formula is C13H26N2O. The highest BCUT2D eigenvalue weighted by Crippen LogP contribution is 2.25. The molecule has 0 atom stereocenters. The first-order chi connectivity index (χ1) is 7.68. The van der Waals surface area contributed by atoms with Gasteiger partial charge in [0.15, 0.2) is 0 Å². The van der Waals surface area contributed by atoms with Crippen LogP contribution < -0.4 is 10.6 Å². The molecule has 2 N–H and O–H groups in total. The van der Waals surface area contributed by atoms with Crippen molar-refractivity contribution >= 4 is 5.91 Å². The van der Waals surface area contributed by atoms with Crippen LogP contribution in [-0.2, 0) is 4.79 Å². The van der Waals surface area contributed by atoms with E-state index in [0.29, 0.717) is 6.54 Å². The molecule has 1 saturated carbocycles. The fourth-order valence-corrected chi connectivity index (χ4v) is 2.36. The lowest BCUT2D eigenvalue weighted by Gasteiger charge is -2.21. The summed E-state index contributed by atoms with van der Waals surface area (Å²) in [5, 5.41) is 6.11. The average molecular weight is 226 g/mol. The summed E-state index contributed by atoms with van der Waals surface area (Å²) in [7, 11) is 0. The Morgan fingerprint density at radius 2 is 1.94 bits per heavy atom. The van der Waals surface area contributed by atoms with Gasteiger partial charge in [0.2, 0.25) is 5.91 Å². The molecule has 1 fully saturated rings. The maximum absolute atomic E-state index is 11.3. The fourth-order valence-electron chi connectivity index (χ4n) is 2.36. The average Bonchev–Trinajstić information content (AvgIpc) is 2.25. The lowest BCUT2D eigenvalue weighted by atomic mass is 9.87. The van der Waals surface area contributed by atoms with E-state index in [4.69, 9.17) is 0 Å². The Bertz CT molecular complexity index is 198. The number of rotatable bonds is 6. The van der Waals surface area contributed by atoms with Gasteiger partial charge in [-0.15, -0.1) is 0 Å². The minimum atomic E-state index is 0.110. The van der Waals surface area contributed by atoms with Crippen LogP contribution in [0.5, 0.6) is 0 Å². The zero-order chi connectivity index (χ0) is 11.8. The van der Waals surface area contributed by atoms with E-state index in [1.807, 2.05) is 13.8 Å². The smallest absolute Gasteiger partial charge is 0.234 e. The van der Waals surface area contributed by atoms with Gasteiger partial charge >= 0.3 is 0 Å². The Balaban J connectivity index is 1.96. The third kappa shape index (κ3) is 6.11. The maximum Gasteiger partial charge on any atom is 0.234 e. The van der Waals surface area contributed by atoms with E-state index in [-0.39, 0.29) is 11.9 Å². The minimum absolute atomic E-state index is 0.110. The molecule has 0 aliphatic heterocycles. The van der Waals surface area contributed by atoms with Gasteiger partial charge in [0, 0.05) is 6.04 Å². The van der Waals surface area contributed by atoms with Gasteiger partial charge in [-0.3, -0.25) is 4.79 Å². The van der Waals surface area contributed by atoms with Crippen molar-refractivity contribution in [2.24, 2.45) is 5.92 Å².